The molecule has 3 heteroatoms. The van der Waals surface area contributed by atoms with Crippen molar-refractivity contribution in [3.05, 3.63) is 59.4 Å². The second-order valence-electron chi connectivity index (χ2n) is 9.36. The second-order valence-corrected chi connectivity index (χ2v) is 9.36. The van der Waals surface area contributed by atoms with E-state index in [0.29, 0.717) is 17.0 Å². The van der Waals surface area contributed by atoms with Crippen LogP contribution in [-0.4, -0.2) is 0 Å². The van der Waals surface area contributed by atoms with Gasteiger partial charge in [0, 0.05) is 0 Å². The molecule has 0 atom stereocenters. The largest absolute Gasteiger partial charge is 0.204 e. The van der Waals surface area contributed by atoms with Crippen LogP contribution in [0.2, 0.25) is 0 Å². The zero-order valence-corrected chi connectivity index (χ0v) is 18.9. The fourth-order valence-corrected chi connectivity index (χ4v) is 5.02. The molecule has 3 rings (SSSR count). The SMILES string of the molecule is CCCCCCCCCC[C@H]1CC[C@H](c2ccc(-c3cc(F)c(F)c(F)c3)cc2)CC1. The zero-order chi connectivity index (χ0) is 22.1. The van der Waals surface area contributed by atoms with Gasteiger partial charge in [0.1, 0.15) is 0 Å². The van der Waals surface area contributed by atoms with Crippen LogP contribution in [0, 0.1) is 23.4 Å². The van der Waals surface area contributed by atoms with E-state index < -0.39 is 17.5 Å². The van der Waals surface area contributed by atoms with Crippen molar-refractivity contribution in [2.24, 2.45) is 5.92 Å². The molecule has 0 radical (unpaired) electrons. The summed E-state index contributed by atoms with van der Waals surface area (Å²) >= 11 is 0. The Morgan fingerprint density at radius 1 is 0.677 bits per heavy atom. The molecule has 2 aromatic carbocycles. The summed E-state index contributed by atoms with van der Waals surface area (Å²) < 4.78 is 40.2. The molecule has 0 unspecified atom stereocenters. The molecule has 0 aliphatic heterocycles. The van der Waals surface area contributed by atoms with E-state index in [1.165, 1.54) is 89.0 Å². The van der Waals surface area contributed by atoms with Gasteiger partial charge in [-0.15, -0.1) is 0 Å². The van der Waals surface area contributed by atoms with Gasteiger partial charge in [-0.2, -0.15) is 0 Å². The van der Waals surface area contributed by atoms with Gasteiger partial charge in [-0.1, -0.05) is 89.0 Å². The summed E-state index contributed by atoms with van der Waals surface area (Å²) in [5.41, 5.74) is 2.39. The molecule has 0 saturated heterocycles. The molecule has 0 heterocycles. The third-order valence-electron chi connectivity index (χ3n) is 7.01. The molecule has 0 spiro atoms. The maximum atomic E-state index is 13.5. The van der Waals surface area contributed by atoms with Crippen LogP contribution in [0.25, 0.3) is 11.1 Å². The highest BCUT2D eigenvalue weighted by molar-refractivity contribution is 5.64. The lowest BCUT2D eigenvalue weighted by atomic mass is 9.77. The van der Waals surface area contributed by atoms with Crippen LogP contribution in [0.15, 0.2) is 36.4 Å². The molecule has 1 aliphatic carbocycles. The van der Waals surface area contributed by atoms with Gasteiger partial charge >= 0.3 is 0 Å². The summed E-state index contributed by atoms with van der Waals surface area (Å²) in [4.78, 5) is 0. The van der Waals surface area contributed by atoms with E-state index in [0.717, 1.165) is 18.1 Å². The fraction of sp³-hybridized carbons (Fsp3) is 0.571. The monoisotopic (exact) mass is 430 g/mol. The van der Waals surface area contributed by atoms with E-state index in [1.54, 1.807) is 0 Å². The van der Waals surface area contributed by atoms with Crippen molar-refractivity contribution in [2.45, 2.75) is 96.3 Å². The third kappa shape index (κ3) is 7.12. The number of benzene rings is 2. The summed E-state index contributed by atoms with van der Waals surface area (Å²) in [6.07, 6.45) is 17.5. The maximum absolute atomic E-state index is 13.5. The Balaban J connectivity index is 1.40. The first-order valence-electron chi connectivity index (χ1n) is 12.3. The smallest absolute Gasteiger partial charge is 0.194 e. The van der Waals surface area contributed by atoms with Gasteiger partial charge in [0.2, 0.25) is 0 Å². The maximum Gasteiger partial charge on any atom is 0.194 e. The van der Waals surface area contributed by atoms with Crippen LogP contribution in [0.3, 0.4) is 0 Å². The van der Waals surface area contributed by atoms with Crippen molar-refractivity contribution in [1.29, 1.82) is 0 Å². The Labute approximate surface area is 186 Å². The van der Waals surface area contributed by atoms with E-state index in [1.807, 2.05) is 12.1 Å². The normalized spacial score (nSPS) is 19.0. The fourth-order valence-electron chi connectivity index (χ4n) is 5.02. The molecule has 0 N–H and O–H groups in total. The molecule has 0 bridgehead atoms. The lowest BCUT2D eigenvalue weighted by Crippen LogP contribution is -2.13. The van der Waals surface area contributed by atoms with Gasteiger partial charge in [0.25, 0.3) is 0 Å². The van der Waals surface area contributed by atoms with E-state index in [2.05, 4.69) is 19.1 Å². The summed E-state index contributed by atoms with van der Waals surface area (Å²) in [5, 5.41) is 0. The van der Waals surface area contributed by atoms with Crippen molar-refractivity contribution in [3.8, 4) is 11.1 Å². The topological polar surface area (TPSA) is 0 Å². The van der Waals surface area contributed by atoms with E-state index in [4.69, 9.17) is 0 Å². The van der Waals surface area contributed by atoms with Gasteiger partial charge in [-0.25, -0.2) is 13.2 Å². The van der Waals surface area contributed by atoms with Gasteiger partial charge < -0.3 is 0 Å². The lowest BCUT2D eigenvalue weighted by Gasteiger charge is -2.29. The number of halogens is 3. The zero-order valence-electron chi connectivity index (χ0n) is 18.9. The first kappa shape index (κ1) is 23.9. The van der Waals surface area contributed by atoms with Gasteiger partial charge in [-0.05, 0) is 66.3 Å². The molecular weight excluding hydrogens is 393 g/mol. The molecular formula is C28H37F3. The number of hydrogen-bond donors (Lipinski definition) is 0. The number of unbranched alkanes of at least 4 members (excludes halogenated alkanes) is 7. The van der Waals surface area contributed by atoms with Crippen LogP contribution in [0.1, 0.15) is 102 Å². The Hall–Kier alpha value is -1.77. The molecule has 2 aromatic rings. The summed E-state index contributed by atoms with van der Waals surface area (Å²) in [6, 6.07) is 10.0. The van der Waals surface area contributed by atoms with Crippen LogP contribution < -0.4 is 0 Å². The molecule has 1 fully saturated rings. The minimum absolute atomic E-state index is 0.372. The van der Waals surface area contributed by atoms with Crippen LogP contribution in [0.4, 0.5) is 13.2 Å². The summed E-state index contributed by atoms with van der Waals surface area (Å²) in [6.45, 7) is 2.27. The van der Waals surface area contributed by atoms with E-state index in [-0.39, 0.29) is 0 Å². The standard InChI is InChI=1S/C28H37F3/c1-2-3-4-5-6-7-8-9-10-21-11-13-22(14-12-21)23-15-17-24(18-16-23)25-19-26(29)28(31)27(30)20-25/h15-22H,2-14H2,1H3/t21-,22-. The predicted octanol–water partition coefficient (Wildman–Crippen LogP) is 9.58. The molecule has 0 aromatic heterocycles. The highest BCUT2D eigenvalue weighted by Gasteiger charge is 2.22. The van der Waals surface area contributed by atoms with Gasteiger partial charge in [0.15, 0.2) is 17.5 Å². The van der Waals surface area contributed by atoms with Crippen molar-refractivity contribution in [3.63, 3.8) is 0 Å². The van der Waals surface area contributed by atoms with E-state index in [9.17, 15) is 13.2 Å². The summed E-state index contributed by atoms with van der Waals surface area (Å²) in [5.74, 6) is -2.25. The summed E-state index contributed by atoms with van der Waals surface area (Å²) in [7, 11) is 0. The van der Waals surface area contributed by atoms with Gasteiger partial charge in [0.05, 0.1) is 0 Å². The predicted molar refractivity (Wildman–Crippen MR) is 124 cm³/mol. The Morgan fingerprint density at radius 3 is 1.81 bits per heavy atom. The van der Waals surface area contributed by atoms with Crippen LogP contribution in [0.5, 0.6) is 0 Å². The number of hydrogen-bond acceptors (Lipinski definition) is 0. The molecule has 0 amide bonds. The molecule has 31 heavy (non-hydrogen) atoms. The molecule has 0 nitrogen and oxygen atoms in total. The second kappa shape index (κ2) is 12.3. The third-order valence-corrected chi connectivity index (χ3v) is 7.01. The lowest BCUT2D eigenvalue weighted by molar-refractivity contribution is 0.302. The minimum atomic E-state index is -1.41. The first-order chi connectivity index (χ1) is 15.1. The average Bonchev–Trinajstić information content (AvgIpc) is 2.79. The molecule has 1 saturated carbocycles. The Morgan fingerprint density at radius 2 is 1.23 bits per heavy atom. The quantitative estimate of drug-likeness (QED) is 0.246. The average molecular weight is 431 g/mol. The number of rotatable bonds is 11. The van der Waals surface area contributed by atoms with Crippen LogP contribution >= 0.6 is 0 Å². The van der Waals surface area contributed by atoms with Crippen LogP contribution in [-0.2, 0) is 0 Å². The highest BCUT2D eigenvalue weighted by atomic mass is 19.2. The minimum Gasteiger partial charge on any atom is -0.204 e. The van der Waals surface area contributed by atoms with Crippen molar-refractivity contribution in [1.82, 2.24) is 0 Å². The Kier molecular flexibility index (Phi) is 9.49. The van der Waals surface area contributed by atoms with Gasteiger partial charge in [-0.3, -0.25) is 0 Å². The molecule has 1 aliphatic rings. The van der Waals surface area contributed by atoms with E-state index >= 15 is 0 Å². The molecule has 170 valence electrons. The van der Waals surface area contributed by atoms with Crippen molar-refractivity contribution < 1.29 is 13.2 Å². The van der Waals surface area contributed by atoms with Crippen molar-refractivity contribution in [2.75, 3.05) is 0 Å². The first-order valence-corrected chi connectivity index (χ1v) is 12.3. The highest BCUT2D eigenvalue weighted by Crippen LogP contribution is 2.38. The van der Waals surface area contributed by atoms with Crippen molar-refractivity contribution >= 4 is 0 Å². The Bertz CT molecular complexity index is 765.